The van der Waals surface area contributed by atoms with Gasteiger partial charge >= 0.3 is 0 Å². The number of aromatic nitrogens is 1. The Hall–Kier alpha value is -1.60. The SMILES string of the molecule is N#Cc1ccncc1N1CCCNCC1. The molecule has 1 saturated heterocycles. The molecule has 1 aliphatic rings. The highest BCUT2D eigenvalue weighted by molar-refractivity contribution is 5.57. The first-order valence-electron chi connectivity index (χ1n) is 5.21. The van der Waals surface area contributed by atoms with Gasteiger partial charge in [0.2, 0.25) is 0 Å². The molecule has 1 aromatic heterocycles. The lowest BCUT2D eigenvalue weighted by atomic mass is 10.2. The number of anilines is 1. The summed E-state index contributed by atoms with van der Waals surface area (Å²) in [6.45, 7) is 3.96. The molecule has 2 rings (SSSR count). The van der Waals surface area contributed by atoms with E-state index in [1.807, 2.05) is 0 Å². The van der Waals surface area contributed by atoms with Crippen LogP contribution in [0.2, 0.25) is 0 Å². The smallest absolute Gasteiger partial charge is 0.101 e. The van der Waals surface area contributed by atoms with Crippen LogP contribution in [-0.4, -0.2) is 31.2 Å². The molecule has 1 aliphatic heterocycles. The first-order valence-corrected chi connectivity index (χ1v) is 5.21. The first-order chi connectivity index (χ1) is 7.42. The summed E-state index contributed by atoms with van der Waals surface area (Å²) in [5.41, 5.74) is 1.68. The summed E-state index contributed by atoms with van der Waals surface area (Å²) in [5, 5.41) is 12.3. The summed E-state index contributed by atoms with van der Waals surface area (Å²) >= 11 is 0. The van der Waals surface area contributed by atoms with Gasteiger partial charge in [0.15, 0.2) is 0 Å². The van der Waals surface area contributed by atoms with Crippen LogP contribution in [0.25, 0.3) is 0 Å². The molecule has 0 unspecified atom stereocenters. The van der Waals surface area contributed by atoms with E-state index in [1.165, 1.54) is 0 Å². The minimum absolute atomic E-state index is 0.715. The van der Waals surface area contributed by atoms with Crippen LogP contribution in [0.15, 0.2) is 18.5 Å². The lowest BCUT2D eigenvalue weighted by Gasteiger charge is -2.22. The lowest BCUT2D eigenvalue weighted by Crippen LogP contribution is -2.28. The van der Waals surface area contributed by atoms with E-state index >= 15 is 0 Å². The fourth-order valence-corrected chi connectivity index (χ4v) is 1.82. The summed E-state index contributed by atoms with van der Waals surface area (Å²) in [6.07, 6.45) is 4.56. The quantitative estimate of drug-likeness (QED) is 0.730. The molecule has 78 valence electrons. The molecule has 15 heavy (non-hydrogen) atoms. The number of rotatable bonds is 1. The van der Waals surface area contributed by atoms with Crippen molar-refractivity contribution in [2.24, 2.45) is 0 Å². The molecule has 0 atom stereocenters. The topological polar surface area (TPSA) is 52.0 Å². The zero-order valence-electron chi connectivity index (χ0n) is 8.61. The second-order valence-electron chi connectivity index (χ2n) is 3.60. The van der Waals surface area contributed by atoms with Crippen LogP contribution in [-0.2, 0) is 0 Å². The maximum Gasteiger partial charge on any atom is 0.101 e. The molecule has 0 spiro atoms. The average Bonchev–Trinajstić information content (AvgIpc) is 2.57. The zero-order valence-corrected chi connectivity index (χ0v) is 8.61. The van der Waals surface area contributed by atoms with Gasteiger partial charge in [0.1, 0.15) is 6.07 Å². The molecule has 0 bridgehead atoms. The number of pyridine rings is 1. The van der Waals surface area contributed by atoms with Gasteiger partial charge in [0, 0.05) is 25.8 Å². The fraction of sp³-hybridized carbons (Fsp3) is 0.455. The summed E-state index contributed by atoms with van der Waals surface area (Å²) in [4.78, 5) is 6.31. The Bertz CT molecular complexity index is 361. The number of hydrogen-bond acceptors (Lipinski definition) is 4. The standard InChI is InChI=1S/C11H14N4/c12-8-10-2-4-14-9-11(10)15-6-1-3-13-5-7-15/h2,4,9,13H,1,3,5-7H2. The van der Waals surface area contributed by atoms with Crippen LogP contribution in [0.1, 0.15) is 12.0 Å². The highest BCUT2D eigenvalue weighted by Crippen LogP contribution is 2.18. The van der Waals surface area contributed by atoms with E-state index < -0.39 is 0 Å². The van der Waals surface area contributed by atoms with Crippen molar-refractivity contribution in [2.45, 2.75) is 6.42 Å². The van der Waals surface area contributed by atoms with Crippen molar-refractivity contribution in [1.82, 2.24) is 10.3 Å². The van der Waals surface area contributed by atoms with Crippen LogP contribution in [0.4, 0.5) is 5.69 Å². The van der Waals surface area contributed by atoms with E-state index in [1.54, 1.807) is 18.5 Å². The van der Waals surface area contributed by atoms with Crippen molar-refractivity contribution in [1.29, 1.82) is 5.26 Å². The minimum Gasteiger partial charge on any atom is -0.368 e. The van der Waals surface area contributed by atoms with Gasteiger partial charge in [0.05, 0.1) is 17.4 Å². The Labute approximate surface area is 89.5 Å². The predicted octanol–water partition coefficient (Wildman–Crippen LogP) is 0.753. The molecule has 1 N–H and O–H groups in total. The van der Waals surface area contributed by atoms with Gasteiger partial charge in [-0.05, 0) is 19.0 Å². The maximum absolute atomic E-state index is 9.00. The first kappa shape index (κ1) is 9.94. The van der Waals surface area contributed by atoms with Crippen LogP contribution in [0.5, 0.6) is 0 Å². The van der Waals surface area contributed by atoms with Crippen LogP contribution < -0.4 is 10.2 Å². The highest BCUT2D eigenvalue weighted by atomic mass is 15.2. The number of nitriles is 1. The van der Waals surface area contributed by atoms with E-state index in [0.29, 0.717) is 5.56 Å². The average molecular weight is 202 g/mol. The van der Waals surface area contributed by atoms with E-state index in [2.05, 4.69) is 21.3 Å². The molecular weight excluding hydrogens is 188 g/mol. The van der Waals surface area contributed by atoms with E-state index in [-0.39, 0.29) is 0 Å². The molecule has 0 aliphatic carbocycles. The molecule has 1 fully saturated rings. The Kier molecular flexibility index (Phi) is 3.15. The summed E-state index contributed by atoms with van der Waals surface area (Å²) < 4.78 is 0. The van der Waals surface area contributed by atoms with Gasteiger partial charge in [-0.2, -0.15) is 5.26 Å². The van der Waals surface area contributed by atoms with Gasteiger partial charge in [-0.1, -0.05) is 0 Å². The third-order valence-corrected chi connectivity index (χ3v) is 2.60. The molecular formula is C11H14N4. The van der Waals surface area contributed by atoms with E-state index in [9.17, 15) is 0 Å². The molecule has 0 radical (unpaired) electrons. The van der Waals surface area contributed by atoms with Crippen LogP contribution in [0.3, 0.4) is 0 Å². The Morgan fingerprint density at radius 3 is 3.20 bits per heavy atom. The van der Waals surface area contributed by atoms with Gasteiger partial charge in [0.25, 0.3) is 0 Å². The maximum atomic E-state index is 9.00. The van der Waals surface area contributed by atoms with Crippen molar-refractivity contribution in [3.63, 3.8) is 0 Å². The van der Waals surface area contributed by atoms with Gasteiger partial charge in [-0.15, -0.1) is 0 Å². The summed E-state index contributed by atoms with van der Waals surface area (Å²) in [7, 11) is 0. The molecule has 0 saturated carbocycles. The van der Waals surface area contributed by atoms with Crippen LogP contribution >= 0.6 is 0 Å². The van der Waals surface area contributed by atoms with Crippen molar-refractivity contribution in [2.75, 3.05) is 31.1 Å². The van der Waals surface area contributed by atoms with Gasteiger partial charge in [-0.3, -0.25) is 4.98 Å². The summed E-state index contributed by atoms with van der Waals surface area (Å²) in [5.74, 6) is 0. The number of nitrogens with zero attached hydrogens (tertiary/aromatic N) is 3. The Morgan fingerprint density at radius 1 is 1.40 bits per heavy atom. The fourth-order valence-electron chi connectivity index (χ4n) is 1.82. The third kappa shape index (κ3) is 2.25. The molecule has 1 aromatic rings. The minimum atomic E-state index is 0.715. The molecule has 0 aromatic carbocycles. The second-order valence-corrected chi connectivity index (χ2v) is 3.60. The lowest BCUT2D eigenvalue weighted by molar-refractivity contribution is 0.724. The van der Waals surface area contributed by atoms with Crippen molar-refractivity contribution in [3.05, 3.63) is 24.0 Å². The van der Waals surface area contributed by atoms with Crippen LogP contribution in [0, 0.1) is 11.3 Å². The third-order valence-electron chi connectivity index (χ3n) is 2.60. The Morgan fingerprint density at radius 2 is 2.33 bits per heavy atom. The van der Waals surface area contributed by atoms with Crippen molar-refractivity contribution < 1.29 is 0 Å². The van der Waals surface area contributed by atoms with Gasteiger partial charge in [-0.25, -0.2) is 0 Å². The predicted molar refractivity (Wildman–Crippen MR) is 58.7 cm³/mol. The van der Waals surface area contributed by atoms with E-state index in [4.69, 9.17) is 5.26 Å². The van der Waals surface area contributed by atoms with Gasteiger partial charge < -0.3 is 10.2 Å². The van der Waals surface area contributed by atoms with E-state index in [0.717, 1.165) is 38.3 Å². The number of hydrogen-bond donors (Lipinski definition) is 1. The summed E-state index contributed by atoms with van der Waals surface area (Å²) in [6, 6.07) is 3.98. The largest absolute Gasteiger partial charge is 0.368 e. The van der Waals surface area contributed by atoms with Crippen molar-refractivity contribution in [3.8, 4) is 6.07 Å². The normalized spacial score (nSPS) is 16.9. The molecule has 4 nitrogen and oxygen atoms in total. The zero-order chi connectivity index (χ0) is 10.5. The molecule has 4 heteroatoms. The number of nitrogens with one attached hydrogen (secondary N) is 1. The Balaban J connectivity index is 2.23. The monoisotopic (exact) mass is 202 g/mol. The molecule has 2 heterocycles. The van der Waals surface area contributed by atoms with Crippen molar-refractivity contribution >= 4 is 5.69 Å². The molecule has 0 amide bonds. The second kappa shape index (κ2) is 4.76. The highest BCUT2D eigenvalue weighted by Gasteiger charge is 2.12.